The van der Waals surface area contributed by atoms with Crippen molar-refractivity contribution in [1.82, 2.24) is 4.72 Å². The largest absolute Gasteiger partial charge is 0.274 e. The summed E-state index contributed by atoms with van der Waals surface area (Å²) in [6, 6.07) is 16.1. The molecule has 0 fully saturated rings. The second kappa shape index (κ2) is 7.62. The molecule has 0 unspecified atom stereocenters. The molecule has 0 aliphatic rings. The lowest BCUT2D eigenvalue weighted by Gasteiger charge is -2.14. The first-order valence-corrected chi connectivity index (χ1v) is 9.50. The first-order chi connectivity index (χ1) is 11.3. The first-order valence-electron chi connectivity index (χ1n) is 8.01. The van der Waals surface area contributed by atoms with E-state index in [9.17, 15) is 13.2 Å². The van der Waals surface area contributed by atoms with Gasteiger partial charge in [0, 0.05) is 5.92 Å². The summed E-state index contributed by atoms with van der Waals surface area (Å²) in [7, 11) is -3.87. The fourth-order valence-electron chi connectivity index (χ4n) is 2.58. The standard InChI is InChI=1S/C19H23NO3S/c1-14(2)12-15(3)19(21)20-24(22,23)18-11-7-10-17(13-18)16-8-5-4-6-9-16/h4-11,13-15H,12H2,1-3H3,(H,20,21)/t15-/m0/s1. The molecule has 1 amide bonds. The summed E-state index contributed by atoms with van der Waals surface area (Å²) in [5, 5.41) is 0. The lowest BCUT2D eigenvalue weighted by molar-refractivity contribution is -0.123. The molecule has 0 heterocycles. The van der Waals surface area contributed by atoms with Crippen LogP contribution in [0.5, 0.6) is 0 Å². The summed E-state index contributed by atoms with van der Waals surface area (Å²) in [5.74, 6) is -0.485. The van der Waals surface area contributed by atoms with Crippen molar-refractivity contribution in [1.29, 1.82) is 0 Å². The smallest absolute Gasteiger partial charge is 0.264 e. The fourth-order valence-corrected chi connectivity index (χ4v) is 3.70. The number of carbonyl (C=O) groups excluding carboxylic acids is 1. The molecule has 0 radical (unpaired) electrons. The third kappa shape index (κ3) is 4.68. The molecule has 128 valence electrons. The number of amides is 1. The maximum atomic E-state index is 12.5. The van der Waals surface area contributed by atoms with Gasteiger partial charge < -0.3 is 0 Å². The number of sulfonamides is 1. The molecule has 0 aliphatic carbocycles. The van der Waals surface area contributed by atoms with Gasteiger partial charge in [0.15, 0.2) is 0 Å². The summed E-state index contributed by atoms with van der Waals surface area (Å²) >= 11 is 0. The highest BCUT2D eigenvalue weighted by Crippen LogP contribution is 2.22. The molecule has 5 heteroatoms. The molecule has 0 aliphatic heterocycles. The third-order valence-electron chi connectivity index (χ3n) is 3.76. The number of rotatable bonds is 6. The van der Waals surface area contributed by atoms with E-state index in [4.69, 9.17) is 0 Å². The van der Waals surface area contributed by atoms with E-state index in [1.807, 2.05) is 50.2 Å². The van der Waals surface area contributed by atoms with Crippen molar-refractivity contribution in [3.05, 3.63) is 54.6 Å². The summed E-state index contributed by atoms with van der Waals surface area (Å²) in [6.45, 7) is 5.74. The molecular formula is C19H23NO3S. The normalized spacial score (nSPS) is 12.8. The van der Waals surface area contributed by atoms with Gasteiger partial charge in [-0.2, -0.15) is 0 Å². The number of hydrogen-bond acceptors (Lipinski definition) is 3. The van der Waals surface area contributed by atoms with E-state index in [-0.39, 0.29) is 10.8 Å². The SMILES string of the molecule is CC(C)C[C@H](C)C(=O)NS(=O)(=O)c1cccc(-c2ccccc2)c1. The lowest BCUT2D eigenvalue weighted by Crippen LogP contribution is -2.35. The third-order valence-corrected chi connectivity index (χ3v) is 5.10. The Morgan fingerprint density at radius 1 is 0.958 bits per heavy atom. The molecule has 1 atom stereocenters. The van der Waals surface area contributed by atoms with Gasteiger partial charge in [-0.3, -0.25) is 4.79 Å². The maximum absolute atomic E-state index is 12.5. The highest BCUT2D eigenvalue weighted by molar-refractivity contribution is 7.90. The molecule has 24 heavy (non-hydrogen) atoms. The molecule has 0 saturated carbocycles. The van der Waals surface area contributed by atoms with Crippen molar-refractivity contribution in [2.24, 2.45) is 11.8 Å². The molecule has 1 N–H and O–H groups in total. The Hall–Kier alpha value is -2.14. The van der Waals surface area contributed by atoms with Gasteiger partial charge in [0.2, 0.25) is 5.91 Å². The van der Waals surface area contributed by atoms with E-state index >= 15 is 0 Å². The van der Waals surface area contributed by atoms with E-state index in [1.165, 1.54) is 6.07 Å². The highest BCUT2D eigenvalue weighted by atomic mass is 32.2. The van der Waals surface area contributed by atoms with Crippen molar-refractivity contribution in [2.75, 3.05) is 0 Å². The number of benzene rings is 2. The van der Waals surface area contributed by atoms with Crippen LogP contribution in [0.2, 0.25) is 0 Å². The van der Waals surface area contributed by atoms with Crippen molar-refractivity contribution in [3.63, 3.8) is 0 Å². The molecular weight excluding hydrogens is 322 g/mol. The predicted octanol–water partition coefficient (Wildman–Crippen LogP) is 3.84. The maximum Gasteiger partial charge on any atom is 0.264 e. The quantitative estimate of drug-likeness (QED) is 0.865. The van der Waals surface area contributed by atoms with Gasteiger partial charge in [0.05, 0.1) is 4.90 Å². The summed E-state index contributed by atoms with van der Waals surface area (Å²) in [4.78, 5) is 12.2. The molecule has 4 nitrogen and oxygen atoms in total. The van der Waals surface area contributed by atoms with Crippen molar-refractivity contribution in [3.8, 4) is 11.1 Å². The minimum absolute atomic E-state index is 0.0916. The Labute approximate surface area is 144 Å². The van der Waals surface area contributed by atoms with Gasteiger partial charge in [-0.15, -0.1) is 0 Å². The van der Waals surface area contributed by atoms with Crippen LogP contribution in [0.25, 0.3) is 11.1 Å². The van der Waals surface area contributed by atoms with E-state index < -0.39 is 15.9 Å². The van der Waals surface area contributed by atoms with Crippen molar-refractivity contribution < 1.29 is 13.2 Å². The van der Waals surface area contributed by atoms with Gasteiger partial charge in [0.1, 0.15) is 0 Å². The Balaban J connectivity index is 2.22. The van der Waals surface area contributed by atoms with Crippen LogP contribution in [-0.4, -0.2) is 14.3 Å². The zero-order valence-electron chi connectivity index (χ0n) is 14.2. The minimum Gasteiger partial charge on any atom is -0.274 e. The fraction of sp³-hybridized carbons (Fsp3) is 0.316. The van der Waals surface area contributed by atoms with Crippen molar-refractivity contribution >= 4 is 15.9 Å². The van der Waals surface area contributed by atoms with Crippen LogP contribution in [0.3, 0.4) is 0 Å². The summed E-state index contributed by atoms with van der Waals surface area (Å²) < 4.78 is 27.2. The molecule has 0 spiro atoms. The Morgan fingerprint density at radius 3 is 2.21 bits per heavy atom. The second-order valence-electron chi connectivity index (χ2n) is 6.39. The van der Waals surface area contributed by atoms with E-state index in [0.29, 0.717) is 12.3 Å². The van der Waals surface area contributed by atoms with Crippen molar-refractivity contribution in [2.45, 2.75) is 32.1 Å². The average molecular weight is 345 g/mol. The Bertz CT molecular complexity index is 798. The monoisotopic (exact) mass is 345 g/mol. The van der Waals surface area contributed by atoms with Gasteiger partial charge in [-0.1, -0.05) is 63.2 Å². The number of hydrogen-bond donors (Lipinski definition) is 1. The van der Waals surface area contributed by atoms with Gasteiger partial charge in [-0.25, -0.2) is 13.1 Å². The van der Waals surface area contributed by atoms with Gasteiger partial charge in [-0.05, 0) is 35.6 Å². The van der Waals surface area contributed by atoms with Crippen LogP contribution in [0, 0.1) is 11.8 Å². The van der Waals surface area contributed by atoms with Crippen LogP contribution in [0.15, 0.2) is 59.5 Å². The number of nitrogens with one attached hydrogen (secondary N) is 1. The average Bonchev–Trinajstić information content (AvgIpc) is 2.55. The zero-order chi connectivity index (χ0) is 17.7. The Morgan fingerprint density at radius 2 is 1.58 bits per heavy atom. The van der Waals surface area contributed by atoms with Crippen LogP contribution in [0.1, 0.15) is 27.2 Å². The summed E-state index contributed by atoms with van der Waals surface area (Å²) in [5.41, 5.74) is 1.72. The van der Waals surface area contributed by atoms with Crippen LogP contribution in [-0.2, 0) is 14.8 Å². The topological polar surface area (TPSA) is 63.2 Å². The van der Waals surface area contributed by atoms with Gasteiger partial charge >= 0.3 is 0 Å². The zero-order valence-corrected chi connectivity index (χ0v) is 15.0. The van der Waals surface area contributed by atoms with Crippen LogP contribution < -0.4 is 4.72 Å². The van der Waals surface area contributed by atoms with E-state index in [1.54, 1.807) is 19.1 Å². The number of carbonyl (C=O) groups is 1. The lowest BCUT2D eigenvalue weighted by atomic mass is 9.99. The molecule has 0 saturated heterocycles. The molecule has 0 aromatic heterocycles. The van der Waals surface area contributed by atoms with E-state index in [2.05, 4.69) is 4.72 Å². The molecule has 0 bridgehead atoms. The molecule has 2 aromatic rings. The predicted molar refractivity (Wildman–Crippen MR) is 95.8 cm³/mol. The van der Waals surface area contributed by atoms with E-state index in [0.717, 1.165) is 11.1 Å². The van der Waals surface area contributed by atoms with Crippen LogP contribution in [0.4, 0.5) is 0 Å². The van der Waals surface area contributed by atoms with Crippen LogP contribution >= 0.6 is 0 Å². The highest BCUT2D eigenvalue weighted by Gasteiger charge is 2.22. The Kier molecular flexibility index (Phi) is 5.78. The molecule has 2 aromatic carbocycles. The first kappa shape index (κ1) is 18.2. The minimum atomic E-state index is -3.87. The van der Waals surface area contributed by atoms with Gasteiger partial charge in [0.25, 0.3) is 10.0 Å². The summed E-state index contributed by atoms with van der Waals surface area (Å²) in [6.07, 6.45) is 0.644. The molecule has 2 rings (SSSR count). The second-order valence-corrected chi connectivity index (χ2v) is 8.08.